The number of halogens is 1. The van der Waals surface area contributed by atoms with Crippen molar-refractivity contribution in [1.29, 1.82) is 0 Å². The van der Waals surface area contributed by atoms with E-state index in [2.05, 4.69) is 0 Å². The second-order valence-corrected chi connectivity index (χ2v) is 4.94. The van der Waals surface area contributed by atoms with Gasteiger partial charge >= 0.3 is 0 Å². The Morgan fingerprint density at radius 3 is 1.83 bits per heavy atom. The highest BCUT2D eigenvalue weighted by molar-refractivity contribution is 4.96. The summed E-state index contributed by atoms with van der Waals surface area (Å²) in [5, 5.41) is 11.0. The molecule has 1 aliphatic rings. The van der Waals surface area contributed by atoms with Crippen molar-refractivity contribution in [2.45, 2.75) is 57.8 Å². The summed E-state index contributed by atoms with van der Waals surface area (Å²) in [5.41, 5.74) is -0.887. The maximum absolute atomic E-state index is 13.2. The van der Waals surface area contributed by atoms with Gasteiger partial charge in [0.25, 0.3) is 0 Å². The standard InChI is InChI=1S/C9H18FNO/c1-8(2)5-7(10)6-9(3,4)11(8)12/h7,12H,5-6H2,1-4H3. The summed E-state index contributed by atoms with van der Waals surface area (Å²) in [4.78, 5) is 0. The van der Waals surface area contributed by atoms with Gasteiger partial charge in [0.2, 0.25) is 0 Å². The maximum Gasteiger partial charge on any atom is 0.104 e. The average molecular weight is 175 g/mol. The SMILES string of the molecule is CC1(C)CC(F)CC(C)(C)N1O. The van der Waals surface area contributed by atoms with E-state index in [9.17, 15) is 9.60 Å². The first kappa shape index (κ1) is 9.93. The van der Waals surface area contributed by atoms with Crippen molar-refractivity contribution in [2.24, 2.45) is 0 Å². The molecule has 72 valence electrons. The topological polar surface area (TPSA) is 23.5 Å². The molecule has 1 fully saturated rings. The molecule has 0 aromatic rings. The molecular formula is C9H18FNO. The number of hydrogen-bond acceptors (Lipinski definition) is 2. The summed E-state index contributed by atoms with van der Waals surface area (Å²) in [6.45, 7) is 7.45. The number of rotatable bonds is 0. The normalized spacial score (nSPS) is 30.5. The highest BCUT2D eigenvalue weighted by Gasteiger charge is 2.45. The van der Waals surface area contributed by atoms with Gasteiger partial charge in [-0.15, -0.1) is 0 Å². The Bertz CT molecular complexity index is 161. The van der Waals surface area contributed by atoms with Crippen LogP contribution in [0.4, 0.5) is 4.39 Å². The van der Waals surface area contributed by atoms with Crippen LogP contribution in [0.1, 0.15) is 40.5 Å². The first-order chi connectivity index (χ1) is 5.26. The van der Waals surface area contributed by atoms with Crippen LogP contribution in [0.15, 0.2) is 0 Å². The fraction of sp³-hybridized carbons (Fsp3) is 1.00. The number of alkyl halides is 1. The van der Waals surface area contributed by atoms with Gasteiger partial charge in [-0.1, -0.05) is 0 Å². The van der Waals surface area contributed by atoms with Crippen LogP contribution in [0.5, 0.6) is 0 Å². The molecule has 1 N–H and O–H groups in total. The minimum absolute atomic E-state index is 0.410. The molecule has 1 saturated heterocycles. The molecule has 0 radical (unpaired) electrons. The number of hydroxylamine groups is 2. The van der Waals surface area contributed by atoms with E-state index < -0.39 is 17.2 Å². The van der Waals surface area contributed by atoms with Gasteiger partial charge < -0.3 is 5.21 Å². The van der Waals surface area contributed by atoms with Crippen molar-refractivity contribution in [3.8, 4) is 0 Å². The second-order valence-electron chi connectivity index (χ2n) is 4.94. The molecule has 1 aliphatic heterocycles. The predicted molar refractivity (Wildman–Crippen MR) is 45.9 cm³/mol. The Morgan fingerprint density at radius 1 is 1.17 bits per heavy atom. The Morgan fingerprint density at radius 2 is 1.50 bits per heavy atom. The smallest absolute Gasteiger partial charge is 0.104 e. The number of hydrogen-bond donors (Lipinski definition) is 1. The van der Waals surface area contributed by atoms with Crippen LogP contribution in [-0.4, -0.2) is 27.5 Å². The van der Waals surface area contributed by atoms with Crippen LogP contribution in [-0.2, 0) is 0 Å². The molecule has 0 aliphatic carbocycles. The van der Waals surface area contributed by atoms with E-state index in [0.29, 0.717) is 12.8 Å². The van der Waals surface area contributed by atoms with Crippen LogP contribution >= 0.6 is 0 Å². The lowest BCUT2D eigenvalue weighted by Gasteiger charge is -2.49. The Balaban J connectivity index is 2.84. The zero-order valence-electron chi connectivity index (χ0n) is 8.26. The predicted octanol–water partition coefficient (Wildman–Crippen LogP) is 2.37. The van der Waals surface area contributed by atoms with Gasteiger partial charge in [-0.3, -0.25) is 0 Å². The molecule has 1 heterocycles. The summed E-state index contributed by atoms with van der Waals surface area (Å²) < 4.78 is 13.2. The second kappa shape index (κ2) is 2.67. The largest absolute Gasteiger partial charge is 0.313 e. The van der Waals surface area contributed by atoms with Gasteiger partial charge in [0.05, 0.1) is 0 Å². The monoisotopic (exact) mass is 175 g/mol. The fourth-order valence-corrected chi connectivity index (χ4v) is 2.15. The number of nitrogens with zero attached hydrogens (tertiary/aromatic N) is 1. The minimum atomic E-state index is -0.793. The Labute approximate surface area is 73.3 Å². The van der Waals surface area contributed by atoms with Crippen molar-refractivity contribution in [2.75, 3.05) is 0 Å². The van der Waals surface area contributed by atoms with Crippen molar-refractivity contribution < 1.29 is 9.60 Å². The highest BCUT2D eigenvalue weighted by Crippen LogP contribution is 2.37. The van der Waals surface area contributed by atoms with Gasteiger partial charge in [0, 0.05) is 11.1 Å². The molecule has 0 saturated carbocycles. The van der Waals surface area contributed by atoms with Gasteiger partial charge in [0.15, 0.2) is 0 Å². The Hall–Kier alpha value is -0.150. The van der Waals surface area contributed by atoms with Crippen molar-refractivity contribution >= 4 is 0 Å². The summed E-state index contributed by atoms with van der Waals surface area (Å²) in [6.07, 6.45) is 0.0262. The van der Waals surface area contributed by atoms with Crippen LogP contribution in [0, 0.1) is 0 Å². The van der Waals surface area contributed by atoms with E-state index in [1.54, 1.807) is 0 Å². The molecule has 0 bridgehead atoms. The Kier molecular flexibility index (Phi) is 2.21. The molecule has 3 heteroatoms. The van der Waals surface area contributed by atoms with Crippen LogP contribution < -0.4 is 0 Å². The molecule has 0 aromatic heterocycles. The molecule has 2 nitrogen and oxygen atoms in total. The van der Waals surface area contributed by atoms with E-state index in [1.807, 2.05) is 27.7 Å². The highest BCUT2D eigenvalue weighted by atomic mass is 19.1. The van der Waals surface area contributed by atoms with Crippen LogP contribution in [0.25, 0.3) is 0 Å². The lowest BCUT2D eigenvalue weighted by atomic mass is 9.81. The quantitative estimate of drug-likeness (QED) is 0.611. The molecule has 12 heavy (non-hydrogen) atoms. The van der Waals surface area contributed by atoms with Gasteiger partial charge in [-0.2, -0.15) is 5.06 Å². The maximum atomic E-state index is 13.2. The van der Waals surface area contributed by atoms with Gasteiger partial charge in [0.1, 0.15) is 6.17 Å². The summed E-state index contributed by atoms with van der Waals surface area (Å²) in [6, 6.07) is 0. The lowest BCUT2D eigenvalue weighted by molar-refractivity contribution is -0.251. The zero-order valence-corrected chi connectivity index (χ0v) is 8.26. The van der Waals surface area contributed by atoms with Gasteiger partial charge in [-0.25, -0.2) is 4.39 Å². The first-order valence-electron chi connectivity index (χ1n) is 4.39. The van der Waals surface area contributed by atoms with Crippen molar-refractivity contribution in [3.05, 3.63) is 0 Å². The average Bonchev–Trinajstić information content (AvgIpc) is 1.80. The fourth-order valence-electron chi connectivity index (χ4n) is 2.15. The summed E-state index contributed by atoms with van der Waals surface area (Å²) in [5.74, 6) is 0. The lowest BCUT2D eigenvalue weighted by Crippen LogP contribution is -2.59. The first-order valence-corrected chi connectivity index (χ1v) is 4.39. The minimum Gasteiger partial charge on any atom is -0.313 e. The molecule has 1 rings (SSSR count). The third kappa shape index (κ3) is 1.62. The molecule has 0 amide bonds. The van der Waals surface area contributed by atoms with Crippen molar-refractivity contribution in [3.63, 3.8) is 0 Å². The van der Waals surface area contributed by atoms with Gasteiger partial charge in [-0.05, 0) is 40.5 Å². The zero-order chi connectivity index (χ0) is 9.57. The van der Waals surface area contributed by atoms with E-state index in [-0.39, 0.29) is 0 Å². The summed E-state index contributed by atoms with van der Waals surface area (Å²) >= 11 is 0. The summed E-state index contributed by atoms with van der Waals surface area (Å²) in [7, 11) is 0. The van der Waals surface area contributed by atoms with E-state index in [4.69, 9.17) is 0 Å². The molecule has 0 unspecified atom stereocenters. The van der Waals surface area contributed by atoms with E-state index in [1.165, 1.54) is 5.06 Å². The van der Waals surface area contributed by atoms with Crippen LogP contribution in [0.2, 0.25) is 0 Å². The molecular weight excluding hydrogens is 157 g/mol. The van der Waals surface area contributed by atoms with Crippen molar-refractivity contribution in [1.82, 2.24) is 5.06 Å². The molecule has 0 aromatic carbocycles. The third-order valence-corrected chi connectivity index (χ3v) is 2.59. The molecule has 0 spiro atoms. The van der Waals surface area contributed by atoms with E-state index >= 15 is 0 Å². The van der Waals surface area contributed by atoms with E-state index in [0.717, 1.165) is 0 Å². The number of piperidine rings is 1. The molecule has 0 atom stereocenters. The third-order valence-electron chi connectivity index (χ3n) is 2.59. The van der Waals surface area contributed by atoms with Crippen LogP contribution in [0.3, 0.4) is 0 Å².